The van der Waals surface area contributed by atoms with Crippen LogP contribution in [0.2, 0.25) is 0 Å². The number of aromatic nitrogens is 1. The largest absolute Gasteiger partial charge is 0.512 e. The number of hydrogen-bond acceptors (Lipinski definition) is 3. The van der Waals surface area contributed by atoms with E-state index >= 15 is 0 Å². The molecule has 0 saturated heterocycles. The fourth-order valence-corrected chi connectivity index (χ4v) is 4.17. The number of rotatable bonds is 3. The molecule has 31 heavy (non-hydrogen) atoms. The average molecular weight is 593 g/mol. The number of ketones is 1. The van der Waals surface area contributed by atoms with E-state index in [-0.39, 0.29) is 31.6 Å². The predicted molar refractivity (Wildman–Crippen MR) is 124 cm³/mol. The second-order valence-electron chi connectivity index (χ2n) is 8.27. The van der Waals surface area contributed by atoms with E-state index in [1.54, 1.807) is 0 Å². The van der Waals surface area contributed by atoms with E-state index in [1.807, 2.05) is 6.20 Å². The van der Waals surface area contributed by atoms with Crippen molar-refractivity contribution < 1.29 is 30.0 Å². The number of allylic oxidation sites excluding steroid dienone is 2. The zero-order valence-corrected chi connectivity index (χ0v) is 21.1. The molecule has 2 aromatic carbocycles. The van der Waals surface area contributed by atoms with E-state index in [0.717, 1.165) is 17.2 Å². The molecule has 1 saturated carbocycles. The number of hydrogen-bond donors (Lipinski definition) is 1. The van der Waals surface area contributed by atoms with Gasteiger partial charge in [-0.3, -0.25) is 4.79 Å². The Morgan fingerprint density at radius 3 is 2.42 bits per heavy atom. The second-order valence-corrected chi connectivity index (χ2v) is 8.27. The minimum absolute atomic E-state index is 0. The molecule has 1 fully saturated rings. The molecule has 4 rings (SSSR count). The normalized spacial score (nSPS) is 14.0. The number of carbonyl (C=O) groups is 1. The molecule has 3 aromatic rings. The molecule has 1 radical (unpaired) electrons. The Labute approximate surface area is 199 Å². The first kappa shape index (κ1) is 25.0. The Morgan fingerprint density at radius 1 is 1.10 bits per heavy atom. The minimum Gasteiger partial charge on any atom is -0.512 e. The van der Waals surface area contributed by atoms with Gasteiger partial charge >= 0.3 is 0 Å². The van der Waals surface area contributed by atoms with Crippen LogP contribution in [0, 0.1) is 19.9 Å². The number of carbonyl (C=O) groups excluding carboxylic acids is 1. The second kappa shape index (κ2) is 11.4. The number of benzene rings is 2. The summed E-state index contributed by atoms with van der Waals surface area (Å²) in [5.41, 5.74) is 6.18. The zero-order valence-electron chi connectivity index (χ0n) is 18.7. The molecule has 1 aliphatic rings. The van der Waals surface area contributed by atoms with Gasteiger partial charge in [-0.2, -0.15) is 0 Å². The van der Waals surface area contributed by atoms with Crippen molar-refractivity contribution in [2.24, 2.45) is 0 Å². The van der Waals surface area contributed by atoms with E-state index in [1.165, 1.54) is 73.1 Å². The monoisotopic (exact) mass is 593 g/mol. The van der Waals surface area contributed by atoms with Crippen molar-refractivity contribution in [1.29, 1.82) is 0 Å². The van der Waals surface area contributed by atoms with Gasteiger partial charge < -0.3 is 10.1 Å². The van der Waals surface area contributed by atoms with E-state index in [0.29, 0.717) is 0 Å². The Kier molecular flexibility index (Phi) is 9.15. The predicted octanol–water partition coefficient (Wildman–Crippen LogP) is 7.01. The summed E-state index contributed by atoms with van der Waals surface area (Å²) >= 11 is 0. The summed E-state index contributed by atoms with van der Waals surface area (Å²) in [6, 6.07) is 16.9. The van der Waals surface area contributed by atoms with Crippen molar-refractivity contribution in [3.63, 3.8) is 0 Å². The van der Waals surface area contributed by atoms with Crippen molar-refractivity contribution in [1.82, 2.24) is 4.98 Å². The number of aryl methyl sites for hydroxylation is 2. The number of aliphatic hydroxyl groups excluding tert-OH is 1. The van der Waals surface area contributed by atoms with Crippen molar-refractivity contribution in [3.8, 4) is 11.3 Å². The summed E-state index contributed by atoms with van der Waals surface area (Å²) in [5, 5.41) is 10.8. The summed E-state index contributed by atoms with van der Waals surface area (Å²) in [6.07, 6.45) is 8.46. The molecule has 3 nitrogen and oxygen atoms in total. The number of fused-ring (bicyclic) bond motifs is 1. The maximum Gasteiger partial charge on any atom is 0.155 e. The maximum atomic E-state index is 10.0. The number of nitrogens with zero attached hydrogens (tertiary/aromatic N) is 1. The molecule has 1 N–H and O–H groups in total. The average Bonchev–Trinajstić information content (AvgIpc) is 3.21. The maximum absolute atomic E-state index is 10.0. The first-order valence-electron chi connectivity index (χ1n) is 10.6. The standard InChI is InChI=1S/C22H22N.C5H8O2.Ir/c1-15-7-8-21-18(11-15)9-10-23-22(21)20-13-16(2)12-19(14-20)17-5-3-4-6-17;1-4(6)3-5(2)7;/h7-12,14,17H,3-6H2,1-2H3;3,6H,1-2H3;/q-1;;/b;4-3-;. The molecular formula is C27H30IrNO2-. The van der Waals surface area contributed by atoms with Crippen molar-refractivity contribution in [2.45, 2.75) is 59.3 Å². The van der Waals surface area contributed by atoms with E-state index in [4.69, 9.17) is 5.11 Å². The summed E-state index contributed by atoms with van der Waals surface area (Å²) in [6.45, 7) is 7.13. The molecule has 0 atom stereocenters. The molecule has 0 bridgehead atoms. The van der Waals surface area contributed by atoms with Gasteiger partial charge in [-0.05, 0) is 62.1 Å². The molecule has 0 spiro atoms. The molecule has 0 aliphatic heterocycles. The minimum atomic E-state index is -0.125. The van der Waals surface area contributed by atoms with Gasteiger partial charge in [-0.15, -0.1) is 34.9 Å². The van der Waals surface area contributed by atoms with Gasteiger partial charge in [0.25, 0.3) is 0 Å². The Morgan fingerprint density at radius 2 is 1.81 bits per heavy atom. The third-order valence-corrected chi connectivity index (χ3v) is 5.44. The molecule has 4 heteroatoms. The van der Waals surface area contributed by atoms with Gasteiger partial charge in [0.15, 0.2) is 5.78 Å². The fraction of sp³-hybridized carbons (Fsp3) is 0.333. The first-order valence-corrected chi connectivity index (χ1v) is 10.6. The van der Waals surface area contributed by atoms with Crippen molar-refractivity contribution in [3.05, 3.63) is 77.2 Å². The summed E-state index contributed by atoms with van der Waals surface area (Å²) in [7, 11) is 0. The Balaban J connectivity index is 0.000000373. The topological polar surface area (TPSA) is 50.2 Å². The van der Waals surface area contributed by atoms with Gasteiger partial charge in [0, 0.05) is 32.4 Å². The number of aliphatic hydroxyl groups is 1. The Hall–Kier alpha value is -2.29. The van der Waals surface area contributed by atoms with Crippen LogP contribution in [0.1, 0.15) is 62.1 Å². The van der Waals surface area contributed by atoms with Crippen LogP contribution in [0.3, 0.4) is 0 Å². The SMILES string of the molecule is CC(=O)/C=C(/C)O.Cc1[c-]c(-c2nccc3cc(C)ccc23)cc(C2CCCC2)c1.[Ir]. The fourth-order valence-electron chi connectivity index (χ4n) is 4.17. The van der Waals surface area contributed by atoms with Gasteiger partial charge in [0.1, 0.15) is 0 Å². The van der Waals surface area contributed by atoms with Crippen molar-refractivity contribution >= 4 is 16.6 Å². The van der Waals surface area contributed by atoms with Gasteiger partial charge in [-0.1, -0.05) is 43.5 Å². The van der Waals surface area contributed by atoms with Crippen molar-refractivity contribution in [2.75, 3.05) is 0 Å². The Bertz CT molecular complexity index is 1080. The quantitative estimate of drug-likeness (QED) is 0.202. The smallest absolute Gasteiger partial charge is 0.155 e. The first-order chi connectivity index (χ1) is 14.3. The van der Waals surface area contributed by atoms with Crippen LogP contribution in [0.15, 0.2) is 54.4 Å². The third-order valence-electron chi connectivity index (χ3n) is 5.44. The summed E-state index contributed by atoms with van der Waals surface area (Å²) in [5.74, 6) is 0.659. The molecule has 1 heterocycles. The van der Waals surface area contributed by atoms with Crippen LogP contribution in [-0.4, -0.2) is 15.9 Å². The zero-order chi connectivity index (χ0) is 21.7. The van der Waals surface area contributed by atoms with Crippen LogP contribution in [0.4, 0.5) is 0 Å². The molecule has 165 valence electrons. The molecule has 1 aromatic heterocycles. The van der Waals surface area contributed by atoms with E-state index < -0.39 is 0 Å². The summed E-state index contributed by atoms with van der Waals surface area (Å²) in [4.78, 5) is 14.7. The molecular weight excluding hydrogens is 563 g/mol. The van der Waals surface area contributed by atoms with Crippen LogP contribution in [0.25, 0.3) is 22.0 Å². The molecule has 1 aliphatic carbocycles. The van der Waals surface area contributed by atoms with Gasteiger partial charge in [0.05, 0.1) is 5.76 Å². The molecule has 0 amide bonds. The van der Waals surface area contributed by atoms with E-state index in [2.05, 4.69) is 61.3 Å². The summed E-state index contributed by atoms with van der Waals surface area (Å²) < 4.78 is 0. The van der Waals surface area contributed by atoms with Crippen LogP contribution in [0.5, 0.6) is 0 Å². The van der Waals surface area contributed by atoms with E-state index in [9.17, 15) is 4.79 Å². The van der Waals surface area contributed by atoms with Gasteiger partial charge in [-0.25, -0.2) is 0 Å². The number of pyridine rings is 1. The van der Waals surface area contributed by atoms with Crippen LogP contribution < -0.4 is 0 Å². The van der Waals surface area contributed by atoms with Crippen LogP contribution in [-0.2, 0) is 24.9 Å². The van der Waals surface area contributed by atoms with Crippen LogP contribution >= 0.6 is 0 Å². The third kappa shape index (κ3) is 6.85. The molecule has 0 unspecified atom stereocenters. The van der Waals surface area contributed by atoms with Gasteiger partial charge in [0.2, 0.25) is 0 Å².